The molecular formula is C30H59NaO2. The molecule has 33 heavy (non-hydrogen) atoms. The fourth-order valence-corrected chi connectivity index (χ4v) is 4.19. The summed E-state index contributed by atoms with van der Waals surface area (Å²) >= 11 is 0. The zero-order valence-electron chi connectivity index (χ0n) is 24.1. The average Bonchev–Trinajstić information content (AvgIpc) is 2.80. The van der Waals surface area contributed by atoms with Crippen LogP contribution in [0.25, 0.3) is 0 Å². The van der Waals surface area contributed by atoms with Crippen LogP contribution < -0.4 is 29.6 Å². The van der Waals surface area contributed by atoms with E-state index in [-0.39, 0.29) is 37.0 Å². The Bertz CT molecular complexity index is 401. The summed E-state index contributed by atoms with van der Waals surface area (Å²) in [7, 11) is 0. The van der Waals surface area contributed by atoms with Crippen LogP contribution in [0.4, 0.5) is 0 Å². The van der Waals surface area contributed by atoms with Gasteiger partial charge in [-0.15, -0.1) is 0 Å². The smallest absolute Gasteiger partial charge is 1.00 e. The van der Waals surface area contributed by atoms with Crippen molar-refractivity contribution in [1.29, 1.82) is 0 Å². The Kier molecular flexibility index (Phi) is 34.5. The summed E-state index contributed by atoms with van der Waals surface area (Å²) in [4.78, 5) is 11.8. The molecule has 3 heteroatoms. The van der Waals surface area contributed by atoms with Gasteiger partial charge in [-0.25, -0.2) is 0 Å². The Balaban J connectivity index is -0.00000480. The predicted octanol–water partition coefficient (Wildman–Crippen LogP) is 7.60. The first kappa shape index (κ1) is 35.4. The number of carbonyl (C=O) groups excluding carboxylic acids is 1. The van der Waals surface area contributed by atoms with Crippen molar-refractivity contribution in [3.05, 3.63) is 12.2 Å². The van der Waals surface area contributed by atoms with Crippen LogP contribution in [-0.2, 0) is 9.53 Å². The summed E-state index contributed by atoms with van der Waals surface area (Å²) in [6.45, 7) is 5.16. The quantitative estimate of drug-likeness (QED) is 0.0558. The second-order valence-corrected chi connectivity index (χ2v) is 9.74. The van der Waals surface area contributed by atoms with Gasteiger partial charge in [-0.05, 0) is 38.5 Å². The standard InChI is InChI=1S/C30H58O2.Na.H/c1-3-5-7-9-11-13-14-15-16-17-18-19-21-23-25-27-29-32-30(31)28-26-24-22-20-12-10-8-6-4-2;;/h15-16H,3-14,17-29H2,1-2H3;;/q;+1;-1/b16-15-;;. The molecule has 0 saturated heterocycles. The topological polar surface area (TPSA) is 26.3 Å². The second-order valence-electron chi connectivity index (χ2n) is 9.74. The molecular weight excluding hydrogens is 415 g/mol. The summed E-state index contributed by atoms with van der Waals surface area (Å²) < 4.78 is 5.39. The van der Waals surface area contributed by atoms with Crippen LogP contribution >= 0.6 is 0 Å². The predicted molar refractivity (Wildman–Crippen MR) is 143 cm³/mol. The van der Waals surface area contributed by atoms with Crippen LogP contribution in [0.2, 0.25) is 0 Å². The number of rotatable bonds is 26. The minimum absolute atomic E-state index is 0. The SMILES string of the molecule is CCCCCCCC/C=C\CCCCCCCCOC(=O)CCCCCCCCCCC.[H-].[Na+]. The number of hydrogen-bond donors (Lipinski definition) is 0. The molecule has 192 valence electrons. The molecule has 0 radical (unpaired) electrons. The van der Waals surface area contributed by atoms with Crippen LogP contribution in [0.1, 0.15) is 169 Å². The van der Waals surface area contributed by atoms with Gasteiger partial charge in [-0.2, -0.15) is 0 Å². The van der Waals surface area contributed by atoms with Crippen molar-refractivity contribution in [1.82, 2.24) is 0 Å². The van der Waals surface area contributed by atoms with E-state index in [1.165, 1.54) is 135 Å². The Hall–Kier alpha value is 0.210. The van der Waals surface area contributed by atoms with Gasteiger partial charge in [0.05, 0.1) is 6.61 Å². The number of hydrogen-bond acceptors (Lipinski definition) is 2. The molecule has 0 aromatic rings. The van der Waals surface area contributed by atoms with Crippen molar-refractivity contribution in [3.63, 3.8) is 0 Å². The Morgan fingerprint density at radius 3 is 1.36 bits per heavy atom. The molecule has 0 N–H and O–H groups in total. The number of esters is 1. The van der Waals surface area contributed by atoms with E-state index in [0.29, 0.717) is 13.0 Å². The molecule has 0 aliphatic heterocycles. The van der Waals surface area contributed by atoms with Gasteiger partial charge in [-0.1, -0.05) is 135 Å². The number of unbranched alkanes of at least 4 members (excludes halogenated alkanes) is 20. The Labute approximate surface area is 232 Å². The third-order valence-electron chi connectivity index (χ3n) is 6.40. The van der Waals surface area contributed by atoms with E-state index in [2.05, 4.69) is 26.0 Å². The molecule has 2 nitrogen and oxygen atoms in total. The fraction of sp³-hybridized carbons (Fsp3) is 0.900. The fourth-order valence-electron chi connectivity index (χ4n) is 4.19. The van der Waals surface area contributed by atoms with Crippen molar-refractivity contribution in [2.45, 2.75) is 168 Å². The average molecular weight is 475 g/mol. The third kappa shape index (κ3) is 32.2. The van der Waals surface area contributed by atoms with Gasteiger partial charge in [0.1, 0.15) is 0 Å². The van der Waals surface area contributed by atoms with Crippen LogP contribution in [0.5, 0.6) is 0 Å². The van der Waals surface area contributed by atoms with E-state index < -0.39 is 0 Å². The molecule has 0 amide bonds. The largest absolute Gasteiger partial charge is 1.00 e. The first-order valence-corrected chi connectivity index (χ1v) is 14.6. The van der Waals surface area contributed by atoms with Crippen LogP contribution in [0.15, 0.2) is 12.2 Å². The summed E-state index contributed by atoms with van der Waals surface area (Å²) in [6.07, 6.45) is 35.3. The minimum atomic E-state index is 0. The van der Waals surface area contributed by atoms with E-state index in [0.717, 1.165) is 12.8 Å². The molecule has 0 rings (SSSR count). The summed E-state index contributed by atoms with van der Waals surface area (Å²) in [6, 6.07) is 0. The first-order chi connectivity index (χ1) is 15.8. The van der Waals surface area contributed by atoms with Gasteiger partial charge in [0, 0.05) is 6.42 Å². The van der Waals surface area contributed by atoms with E-state index in [4.69, 9.17) is 4.74 Å². The Morgan fingerprint density at radius 2 is 0.909 bits per heavy atom. The zero-order chi connectivity index (χ0) is 23.4. The molecule has 0 spiro atoms. The van der Waals surface area contributed by atoms with Crippen LogP contribution in [-0.4, -0.2) is 12.6 Å². The maximum atomic E-state index is 11.8. The molecule has 0 aromatic heterocycles. The summed E-state index contributed by atoms with van der Waals surface area (Å²) in [5.74, 6) is 0.0145. The molecule has 0 atom stereocenters. The third-order valence-corrected chi connectivity index (χ3v) is 6.40. The van der Waals surface area contributed by atoms with E-state index in [1.807, 2.05) is 0 Å². The number of carbonyl (C=O) groups is 1. The molecule has 0 saturated carbocycles. The van der Waals surface area contributed by atoms with Gasteiger partial charge in [0.25, 0.3) is 0 Å². The molecule has 0 aromatic carbocycles. The number of allylic oxidation sites excluding steroid dienone is 2. The normalized spacial score (nSPS) is 11.1. The van der Waals surface area contributed by atoms with Gasteiger partial charge in [-0.3, -0.25) is 4.79 Å². The van der Waals surface area contributed by atoms with Gasteiger partial charge in [0.15, 0.2) is 0 Å². The molecule has 0 bridgehead atoms. The van der Waals surface area contributed by atoms with Crippen molar-refractivity contribution >= 4 is 5.97 Å². The monoisotopic (exact) mass is 474 g/mol. The van der Waals surface area contributed by atoms with Crippen LogP contribution in [0, 0.1) is 0 Å². The maximum absolute atomic E-state index is 11.8. The van der Waals surface area contributed by atoms with Gasteiger partial charge < -0.3 is 6.16 Å². The molecule has 0 aliphatic carbocycles. The van der Waals surface area contributed by atoms with E-state index in [9.17, 15) is 4.79 Å². The summed E-state index contributed by atoms with van der Waals surface area (Å²) in [5, 5.41) is 0. The van der Waals surface area contributed by atoms with Crippen LogP contribution in [0.3, 0.4) is 0 Å². The van der Waals surface area contributed by atoms with E-state index in [1.54, 1.807) is 0 Å². The number of ether oxygens (including phenoxy) is 1. The van der Waals surface area contributed by atoms with Crippen molar-refractivity contribution in [2.75, 3.05) is 6.61 Å². The van der Waals surface area contributed by atoms with Crippen molar-refractivity contribution < 1.29 is 40.5 Å². The second kappa shape index (κ2) is 32.2. The minimum Gasteiger partial charge on any atom is -1.00 e. The van der Waals surface area contributed by atoms with Gasteiger partial charge in [0.2, 0.25) is 0 Å². The molecule has 0 heterocycles. The zero-order valence-corrected chi connectivity index (χ0v) is 25.1. The summed E-state index contributed by atoms with van der Waals surface area (Å²) in [5.41, 5.74) is 0. The first-order valence-electron chi connectivity index (χ1n) is 14.6. The molecule has 0 fully saturated rings. The van der Waals surface area contributed by atoms with Crippen molar-refractivity contribution in [3.8, 4) is 0 Å². The Morgan fingerprint density at radius 1 is 0.545 bits per heavy atom. The van der Waals surface area contributed by atoms with E-state index >= 15 is 0 Å². The van der Waals surface area contributed by atoms with Gasteiger partial charge >= 0.3 is 35.5 Å². The molecule has 0 unspecified atom stereocenters. The van der Waals surface area contributed by atoms with Crippen molar-refractivity contribution in [2.24, 2.45) is 0 Å². The molecule has 0 aliphatic rings. The maximum Gasteiger partial charge on any atom is 1.00 e.